The maximum Gasteiger partial charge on any atom is 0.324 e. The second-order valence-corrected chi connectivity index (χ2v) is 6.10. The number of carbonyl (C=O) groups excluding carboxylic acids is 1. The van der Waals surface area contributed by atoms with Crippen molar-refractivity contribution in [3.05, 3.63) is 23.8 Å². The maximum absolute atomic E-state index is 12.7. The Labute approximate surface area is 120 Å². The summed E-state index contributed by atoms with van der Waals surface area (Å²) in [5, 5.41) is 0. The molecular weight excluding hydrogens is 250 g/mol. The highest BCUT2D eigenvalue weighted by molar-refractivity contribution is 5.94. The number of rotatable bonds is 0. The van der Waals surface area contributed by atoms with Crippen LogP contribution in [0.1, 0.15) is 31.7 Å². The summed E-state index contributed by atoms with van der Waals surface area (Å²) in [5.41, 5.74) is 8.88. The summed E-state index contributed by atoms with van der Waals surface area (Å²) >= 11 is 0. The Balaban J connectivity index is 1.81. The molecule has 2 heterocycles. The van der Waals surface area contributed by atoms with Crippen LogP contribution in [0.2, 0.25) is 0 Å². The Kier molecular flexibility index (Phi) is 3.55. The van der Waals surface area contributed by atoms with E-state index in [1.807, 2.05) is 21.9 Å². The van der Waals surface area contributed by atoms with Crippen LogP contribution in [0.15, 0.2) is 18.2 Å². The predicted molar refractivity (Wildman–Crippen MR) is 81.9 cm³/mol. The number of hydrogen-bond acceptors (Lipinski definition) is 2. The normalized spacial score (nSPS) is 19.9. The van der Waals surface area contributed by atoms with Crippen molar-refractivity contribution in [2.24, 2.45) is 5.92 Å². The molecule has 0 atom stereocenters. The highest BCUT2D eigenvalue weighted by atomic mass is 16.2. The van der Waals surface area contributed by atoms with Gasteiger partial charge in [-0.05, 0) is 49.3 Å². The molecule has 2 aliphatic heterocycles. The zero-order valence-corrected chi connectivity index (χ0v) is 12.1. The van der Waals surface area contributed by atoms with Gasteiger partial charge in [-0.25, -0.2) is 4.79 Å². The molecule has 1 aromatic carbocycles. The van der Waals surface area contributed by atoms with Gasteiger partial charge in [0, 0.05) is 25.3 Å². The largest absolute Gasteiger partial charge is 0.399 e. The number of carbonyl (C=O) groups is 1. The Morgan fingerprint density at radius 1 is 1.25 bits per heavy atom. The Bertz CT molecular complexity index is 506. The van der Waals surface area contributed by atoms with Crippen LogP contribution >= 0.6 is 0 Å². The van der Waals surface area contributed by atoms with E-state index < -0.39 is 0 Å². The van der Waals surface area contributed by atoms with Gasteiger partial charge in [0.05, 0.1) is 5.69 Å². The van der Waals surface area contributed by atoms with Gasteiger partial charge in [0.15, 0.2) is 0 Å². The number of nitrogens with two attached hydrogens (primary N) is 1. The smallest absolute Gasteiger partial charge is 0.324 e. The van der Waals surface area contributed by atoms with Crippen molar-refractivity contribution in [1.29, 1.82) is 0 Å². The molecule has 20 heavy (non-hydrogen) atoms. The van der Waals surface area contributed by atoms with Crippen molar-refractivity contribution in [2.75, 3.05) is 30.3 Å². The lowest BCUT2D eigenvalue weighted by Crippen LogP contribution is -2.48. The number of nitrogens with zero attached hydrogens (tertiary/aromatic N) is 2. The van der Waals surface area contributed by atoms with Gasteiger partial charge in [-0.1, -0.05) is 13.0 Å². The zero-order valence-electron chi connectivity index (χ0n) is 12.1. The number of urea groups is 1. The summed E-state index contributed by atoms with van der Waals surface area (Å²) in [6.07, 6.45) is 4.30. The third-order valence-electron chi connectivity index (χ3n) is 4.51. The van der Waals surface area contributed by atoms with Crippen molar-refractivity contribution in [3.63, 3.8) is 0 Å². The van der Waals surface area contributed by atoms with Gasteiger partial charge in [0.1, 0.15) is 0 Å². The second-order valence-electron chi connectivity index (χ2n) is 6.10. The summed E-state index contributed by atoms with van der Waals surface area (Å²) in [4.78, 5) is 16.7. The van der Waals surface area contributed by atoms with Crippen LogP contribution in [-0.4, -0.2) is 30.6 Å². The second kappa shape index (κ2) is 5.35. The molecule has 4 nitrogen and oxygen atoms in total. The molecule has 2 amide bonds. The van der Waals surface area contributed by atoms with Gasteiger partial charge >= 0.3 is 6.03 Å². The van der Waals surface area contributed by atoms with Crippen molar-refractivity contribution < 1.29 is 4.79 Å². The fraction of sp³-hybridized carbons (Fsp3) is 0.562. The lowest BCUT2D eigenvalue weighted by atomic mass is 9.99. The van der Waals surface area contributed by atoms with Crippen LogP contribution in [0, 0.1) is 5.92 Å². The number of piperidine rings is 1. The first-order valence-electron chi connectivity index (χ1n) is 7.60. The van der Waals surface area contributed by atoms with Crippen molar-refractivity contribution in [1.82, 2.24) is 4.90 Å². The van der Waals surface area contributed by atoms with E-state index in [0.717, 1.165) is 62.6 Å². The van der Waals surface area contributed by atoms with Crippen molar-refractivity contribution >= 4 is 17.4 Å². The zero-order chi connectivity index (χ0) is 14.1. The number of amides is 2. The standard InChI is InChI=1S/C16H23N3O/c1-12-6-9-18(10-7-12)16(20)19-8-2-3-13-4-5-14(17)11-15(13)19/h4-5,11-12H,2-3,6-10,17H2,1H3. The number of likely N-dealkylation sites (tertiary alicyclic amines) is 1. The molecule has 108 valence electrons. The van der Waals surface area contributed by atoms with E-state index in [0.29, 0.717) is 0 Å². The molecule has 2 aliphatic rings. The van der Waals surface area contributed by atoms with Gasteiger partial charge in [-0.3, -0.25) is 4.90 Å². The van der Waals surface area contributed by atoms with Gasteiger partial charge in [-0.2, -0.15) is 0 Å². The molecule has 3 rings (SSSR count). The van der Waals surface area contributed by atoms with E-state index in [9.17, 15) is 4.79 Å². The number of fused-ring (bicyclic) bond motifs is 1. The molecule has 1 saturated heterocycles. The van der Waals surface area contributed by atoms with E-state index in [4.69, 9.17) is 5.73 Å². The minimum Gasteiger partial charge on any atom is -0.399 e. The molecular formula is C16H23N3O. The summed E-state index contributed by atoms with van der Waals surface area (Å²) in [7, 11) is 0. The number of aryl methyl sites for hydroxylation is 1. The maximum atomic E-state index is 12.7. The highest BCUT2D eigenvalue weighted by Gasteiger charge is 2.28. The van der Waals surface area contributed by atoms with E-state index in [-0.39, 0.29) is 6.03 Å². The predicted octanol–water partition coefficient (Wildman–Crippen LogP) is 2.87. The van der Waals surface area contributed by atoms with Gasteiger partial charge < -0.3 is 10.6 Å². The highest BCUT2D eigenvalue weighted by Crippen LogP contribution is 2.30. The number of benzene rings is 1. The van der Waals surface area contributed by atoms with Gasteiger partial charge in [0.25, 0.3) is 0 Å². The summed E-state index contributed by atoms with van der Waals surface area (Å²) < 4.78 is 0. The molecule has 0 unspecified atom stereocenters. The molecule has 2 N–H and O–H groups in total. The number of nitrogen functional groups attached to an aromatic ring is 1. The Hall–Kier alpha value is -1.71. The van der Waals surface area contributed by atoms with Crippen molar-refractivity contribution in [2.45, 2.75) is 32.6 Å². The molecule has 0 saturated carbocycles. The minimum atomic E-state index is 0.156. The molecule has 0 aliphatic carbocycles. The monoisotopic (exact) mass is 273 g/mol. The lowest BCUT2D eigenvalue weighted by Gasteiger charge is -2.37. The van der Waals surface area contributed by atoms with Crippen LogP contribution in [0.5, 0.6) is 0 Å². The third-order valence-corrected chi connectivity index (χ3v) is 4.51. The van der Waals surface area contributed by atoms with Crippen LogP contribution in [0.4, 0.5) is 16.2 Å². The van der Waals surface area contributed by atoms with Gasteiger partial charge in [-0.15, -0.1) is 0 Å². The molecule has 1 fully saturated rings. The SMILES string of the molecule is CC1CCN(C(=O)N2CCCc3ccc(N)cc32)CC1. The van der Waals surface area contributed by atoms with E-state index in [1.165, 1.54) is 5.56 Å². The molecule has 1 aromatic rings. The Morgan fingerprint density at radius 2 is 2.00 bits per heavy atom. The minimum absolute atomic E-state index is 0.156. The molecule has 0 spiro atoms. The first kappa shape index (κ1) is 13.3. The van der Waals surface area contributed by atoms with Crippen LogP contribution in [-0.2, 0) is 6.42 Å². The van der Waals surface area contributed by atoms with Gasteiger partial charge in [0.2, 0.25) is 0 Å². The topological polar surface area (TPSA) is 49.6 Å². The van der Waals surface area contributed by atoms with Crippen LogP contribution in [0.25, 0.3) is 0 Å². The van der Waals surface area contributed by atoms with E-state index >= 15 is 0 Å². The quantitative estimate of drug-likeness (QED) is 0.739. The number of anilines is 2. The number of hydrogen-bond donors (Lipinski definition) is 1. The molecule has 0 radical (unpaired) electrons. The Morgan fingerprint density at radius 3 is 2.75 bits per heavy atom. The lowest BCUT2D eigenvalue weighted by molar-refractivity contribution is 0.179. The van der Waals surface area contributed by atoms with Crippen LogP contribution < -0.4 is 10.6 Å². The van der Waals surface area contributed by atoms with Crippen molar-refractivity contribution in [3.8, 4) is 0 Å². The van der Waals surface area contributed by atoms with E-state index in [2.05, 4.69) is 13.0 Å². The fourth-order valence-electron chi connectivity index (χ4n) is 3.16. The fourth-order valence-corrected chi connectivity index (χ4v) is 3.16. The van der Waals surface area contributed by atoms with Crippen LogP contribution in [0.3, 0.4) is 0 Å². The first-order chi connectivity index (χ1) is 9.65. The average molecular weight is 273 g/mol. The molecule has 0 aromatic heterocycles. The summed E-state index contributed by atoms with van der Waals surface area (Å²) in [5.74, 6) is 0.739. The molecule has 4 heteroatoms. The summed E-state index contributed by atoms with van der Waals surface area (Å²) in [6.45, 7) is 4.84. The van der Waals surface area contributed by atoms with E-state index in [1.54, 1.807) is 0 Å². The third kappa shape index (κ3) is 2.47. The average Bonchev–Trinajstić information content (AvgIpc) is 2.46. The summed E-state index contributed by atoms with van der Waals surface area (Å²) in [6, 6.07) is 6.08. The first-order valence-corrected chi connectivity index (χ1v) is 7.60. The molecule has 0 bridgehead atoms.